The second kappa shape index (κ2) is 4.30. The van der Waals surface area contributed by atoms with E-state index >= 15 is 0 Å². The van der Waals surface area contributed by atoms with Crippen molar-refractivity contribution in [2.24, 2.45) is 11.7 Å². The second-order valence-corrected chi connectivity index (χ2v) is 4.95. The van der Waals surface area contributed by atoms with E-state index in [9.17, 15) is 4.79 Å². The Bertz CT molecular complexity index is 215. The molecule has 82 valence electrons. The summed E-state index contributed by atoms with van der Waals surface area (Å²) in [5.74, 6) is 0.857. The molecule has 1 aliphatic rings. The van der Waals surface area contributed by atoms with Crippen LogP contribution in [0.3, 0.4) is 0 Å². The van der Waals surface area contributed by atoms with Gasteiger partial charge < -0.3 is 10.6 Å². The van der Waals surface area contributed by atoms with E-state index in [1.54, 1.807) is 0 Å². The van der Waals surface area contributed by atoms with Crippen LogP contribution >= 0.6 is 0 Å². The van der Waals surface area contributed by atoms with Crippen molar-refractivity contribution in [1.82, 2.24) is 4.90 Å². The molecular formula is C11H22N2O. The molecule has 14 heavy (non-hydrogen) atoms. The summed E-state index contributed by atoms with van der Waals surface area (Å²) in [5, 5.41) is 0. The number of nitrogens with zero attached hydrogens (tertiary/aromatic N) is 1. The quantitative estimate of drug-likeness (QED) is 0.741. The third kappa shape index (κ3) is 2.27. The van der Waals surface area contributed by atoms with Crippen LogP contribution in [0, 0.1) is 5.92 Å². The Morgan fingerprint density at radius 1 is 1.57 bits per heavy atom. The number of hydrogen-bond donors (Lipinski definition) is 1. The Morgan fingerprint density at radius 2 is 2.21 bits per heavy atom. The van der Waals surface area contributed by atoms with Crippen LogP contribution in [0.25, 0.3) is 0 Å². The van der Waals surface area contributed by atoms with E-state index in [4.69, 9.17) is 5.73 Å². The van der Waals surface area contributed by atoms with Crippen LogP contribution in [-0.4, -0.2) is 29.4 Å². The molecule has 3 nitrogen and oxygen atoms in total. The first-order valence-corrected chi connectivity index (χ1v) is 5.50. The zero-order valence-electron chi connectivity index (χ0n) is 9.55. The number of carbonyl (C=O) groups excluding carboxylic acids is 1. The van der Waals surface area contributed by atoms with E-state index in [0.717, 1.165) is 19.4 Å². The molecule has 0 saturated carbocycles. The first kappa shape index (κ1) is 11.5. The lowest BCUT2D eigenvalue weighted by Crippen LogP contribution is -2.52. The molecule has 0 spiro atoms. The highest BCUT2D eigenvalue weighted by atomic mass is 16.2. The van der Waals surface area contributed by atoms with Gasteiger partial charge in [0.15, 0.2) is 0 Å². The van der Waals surface area contributed by atoms with Crippen molar-refractivity contribution >= 4 is 5.91 Å². The Labute approximate surface area is 86.6 Å². The van der Waals surface area contributed by atoms with Crippen molar-refractivity contribution in [3.8, 4) is 0 Å². The lowest BCUT2D eigenvalue weighted by Gasteiger charge is -2.39. The van der Waals surface area contributed by atoms with Crippen molar-refractivity contribution in [2.45, 2.75) is 45.6 Å². The maximum Gasteiger partial charge on any atom is 0.223 e. The van der Waals surface area contributed by atoms with Gasteiger partial charge in [-0.05, 0) is 25.7 Å². The van der Waals surface area contributed by atoms with E-state index in [0.29, 0.717) is 18.9 Å². The summed E-state index contributed by atoms with van der Waals surface area (Å²) in [5.41, 5.74) is 5.68. The first-order valence-electron chi connectivity index (χ1n) is 5.50. The van der Waals surface area contributed by atoms with Gasteiger partial charge in [0.05, 0.1) is 5.54 Å². The Kier molecular flexibility index (Phi) is 3.53. The third-order valence-corrected chi connectivity index (χ3v) is 3.01. The number of nitrogens with two attached hydrogens (primary N) is 1. The fraction of sp³-hybridized carbons (Fsp3) is 0.909. The normalized spacial score (nSPS) is 21.8. The zero-order valence-corrected chi connectivity index (χ0v) is 9.55. The van der Waals surface area contributed by atoms with E-state index in [1.807, 2.05) is 4.90 Å². The fourth-order valence-electron chi connectivity index (χ4n) is 2.40. The highest BCUT2D eigenvalue weighted by Gasteiger charge is 2.36. The topological polar surface area (TPSA) is 46.3 Å². The minimum Gasteiger partial charge on any atom is -0.336 e. The number of carbonyl (C=O) groups is 1. The third-order valence-electron chi connectivity index (χ3n) is 3.01. The molecule has 1 fully saturated rings. The lowest BCUT2D eigenvalue weighted by molar-refractivity contribution is -0.133. The summed E-state index contributed by atoms with van der Waals surface area (Å²) in [6, 6.07) is 0. The van der Waals surface area contributed by atoms with Crippen molar-refractivity contribution < 1.29 is 4.79 Å². The molecule has 1 heterocycles. The molecule has 0 aromatic rings. The smallest absolute Gasteiger partial charge is 0.223 e. The van der Waals surface area contributed by atoms with Crippen LogP contribution in [0.1, 0.15) is 40.0 Å². The molecule has 0 radical (unpaired) electrons. The second-order valence-electron chi connectivity index (χ2n) is 4.95. The van der Waals surface area contributed by atoms with E-state index in [1.165, 1.54) is 0 Å². The minimum atomic E-state index is -0.123. The summed E-state index contributed by atoms with van der Waals surface area (Å²) in [6.07, 6.45) is 2.69. The molecule has 0 aromatic carbocycles. The fourth-order valence-corrected chi connectivity index (χ4v) is 2.40. The van der Waals surface area contributed by atoms with Gasteiger partial charge in [-0.3, -0.25) is 4.79 Å². The molecule has 0 aromatic heterocycles. The van der Waals surface area contributed by atoms with Gasteiger partial charge in [-0.25, -0.2) is 0 Å². The average Bonchev–Trinajstić information content (AvgIpc) is 2.50. The molecule has 1 unspecified atom stereocenters. The van der Waals surface area contributed by atoms with E-state index < -0.39 is 0 Å². The maximum absolute atomic E-state index is 11.6. The highest BCUT2D eigenvalue weighted by Crippen LogP contribution is 2.27. The SMILES string of the molecule is CC(C)CC(C)(CN)N1CCCC1=O. The predicted molar refractivity (Wildman–Crippen MR) is 57.9 cm³/mol. The minimum absolute atomic E-state index is 0.123. The van der Waals surface area contributed by atoms with Crippen molar-refractivity contribution in [1.29, 1.82) is 0 Å². The summed E-state index contributed by atoms with van der Waals surface area (Å²) >= 11 is 0. The predicted octanol–water partition coefficient (Wildman–Crippen LogP) is 1.37. The van der Waals surface area contributed by atoms with Crippen LogP contribution in [-0.2, 0) is 4.79 Å². The number of rotatable bonds is 4. The summed E-state index contributed by atoms with van der Waals surface area (Å²) in [7, 11) is 0. The number of likely N-dealkylation sites (tertiary alicyclic amines) is 1. The van der Waals surface area contributed by atoms with Gasteiger partial charge in [-0.1, -0.05) is 13.8 Å². The van der Waals surface area contributed by atoms with Crippen LogP contribution < -0.4 is 5.73 Å². The van der Waals surface area contributed by atoms with E-state index in [2.05, 4.69) is 20.8 Å². The van der Waals surface area contributed by atoms with Gasteiger partial charge in [0, 0.05) is 19.5 Å². The van der Waals surface area contributed by atoms with Crippen molar-refractivity contribution in [3.05, 3.63) is 0 Å². The molecule has 0 aliphatic carbocycles. The van der Waals surface area contributed by atoms with Gasteiger partial charge in [0.1, 0.15) is 0 Å². The van der Waals surface area contributed by atoms with Gasteiger partial charge in [0.25, 0.3) is 0 Å². The molecule has 1 atom stereocenters. The first-order chi connectivity index (χ1) is 6.49. The van der Waals surface area contributed by atoms with E-state index in [-0.39, 0.29) is 11.4 Å². The molecule has 2 N–H and O–H groups in total. The van der Waals surface area contributed by atoms with Gasteiger partial charge in [0.2, 0.25) is 5.91 Å². The molecule has 1 amide bonds. The largest absolute Gasteiger partial charge is 0.336 e. The van der Waals surface area contributed by atoms with Gasteiger partial charge in [-0.2, -0.15) is 0 Å². The monoisotopic (exact) mass is 198 g/mol. The molecule has 1 rings (SSSR count). The number of hydrogen-bond acceptors (Lipinski definition) is 2. The Hall–Kier alpha value is -0.570. The van der Waals surface area contributed by atoms with Gasteiger partial charge >= 0.3 is 0 Å². The standard InChI is InChI=1S/C11H22N2O/c1-9(2)7-11(3,8-12)13-6-4-5-10(13)14/h9H,4-8,12H2,1-3H3. The summed E-state index contributed by atoms with van der Waals surface area (Å²) < 4.78 is 0. The van der Waals surface area contributed by atoms with Crippen LogP contribution in [0.4, 0.5) is 0 Å². The van der Waals surface area contributed by atoms with Gasteiger partial charge in [-0.15, -0.1) is 0 Å². The average molecular weight is 198 g/mol. The molecular weight excluding hydrogens is 176 g/mol. The lowest BCUT2D eigenvalue weighted by atomic mass is 9.89. The molecule has 1 aliphatic heterocycles. The van der Waals surface area contributed by atoms with Crippen molar-refractivity contribution in [3.63, 3.8) is 0 Å². The van der Waals surface area contributed by atoms with Crippen LogP contribution in [0.15, 0.2) is 0 Å². The Morgan fingerprint density at radius 3 is 2.57 bits per heavy atom. The molecule has 3 heteroatoms. The van der Waals surface area contributed by atoms with Crippen LogP contribution in [0.2, 0.25) is 0 Å². The zero-order chi connectivity index (χ0) is 10.8. The highest BCUT2D eigenvalue weighted by molar-refractivity contribution is 5.79. The Balaban J connectivity index is 2.72. The number of amides is 1. The summed E-state index contributed by atoms with van der Waals surface area (Å²) in [6.45, 7) is 7.91. The summed E-state index contributed by atoms with van der Waals surface area (Å²) in [4.78, 5) is 13.6. The van der Waals surface area contributed by atoms with Crippen LogP contribution in [0.5, 0.6) is 0 Å². The molecule has 0 bridgehead atoms. The molecule has 1 saturated heterocycles. The maximum atomic E-state index is 11.6. The van der Waals surface area contributed by atoms with Crippen molar-refractivity contribution in [2.75, 3.05) is 13.1 Å².